The smallest absolute Gasteiger partial charge is 0.327 e. The van der Waals surface area contributed by atoms with Crippen LogP contribution in [-0.2, 0) is 4.79 Å². The van der Waals surface area contributed by atoms with Gasteiger partial charge in [0.2, 0.25) is 0 Å². The number of allylic oxidation sites excluding steroid dienone is 1. The fraction of sp³-hybridized carbons (Fsp3) is 0.842. The van der Waals surface area contributed by atoms with Crippen LogP contribution in [0.2, 0.25) is 0 Å². The van der Waals surface area contributed by atoms with Gasteiger partial charge in [0.1, 0.15) is 0 Å². The molecule has 0 heterocycles. The van der Waals surface area contributed by atoms with Gasteiger partial charge in [0.15, 0.2) is 0 Å². The molecule has 1 N–H and O–H groups in total. The van der Waals surface area contributed by atoms with Crippen LogP contribution in [0.3, 0.4) is 0 Å². The third kappa shape index (κ3) is 9.55. The molecule has 0 aromatic rings. The largest absolute Gasteiger partial charge is 0.478 e. The molecule has 0 saturated heterocycles. The molecular weight excluding hydrogens is 292 g/mol. The number of unbranched alkanes of at least 4 members (excludes halogenated alkanes) is 6. The zero-order chi connectivity index (χ0) is 16.0. The van der Waals surface area contributed by atoms with Gasteiger partial charge in [-0.15, -0.1) is 0 Å². The predicted octanol–water partition coefficient (Wildman–Crippen LogP) is 6.06. The molecule has 0 bridgehead atoms. The highest BCUT2D eigenvalue weighted by Crippen LogP contribution is 2.38. The maximum atomic E-state index is 10.4. The Morgan fingerprint density at radius 2 is 1.95 bits per heavy atom. The van der Waals surface area contributed by atoms with Crippen molar-refractivity contribution in [3.05, 3.63) is 12.2 Å². The Bertz CT molecular complexity index is 315. The van der Waals surface area contributed by atoms with Crippen molar-refractivity contribution in [3.8, 4) is 0 Å². The average molecular weight is 327 g/mol. The number of aliphatic carboxylic acids is 1. The Labute approximate surface area is 141 Å². The lowest BCUT2D eigenvalue weighted by Crippen LogP contribution is -2.10. The van der Waals surface area contributed by atoms with E-state index in [0.717, 1.165) is 24.0 Å². The summed E-state index contributed by atoms with van der Waals surface area (Å²) >= 11 is 2.23. The van der Waals surface area contributed by atoms with Gasteiger partial charge in [0.25, 0.3) is 0 Å². The van der Waals surface area contributed by atoms with Gasteiger partial charge in [-0.2, -0.15) is 11.8 Å². The second kappa shape index (κ2) is 13.0. The van der Waals surface area contributed by atoms with Gasteiger partial charge in [0.05, 0.1) is 0 Å². The molecule has 22 heavy (non-hydrogen) atoms. The van der Waals surface area contributed by atoms with Crippen molar-refractivity contribution in [2.24, 2.45) is 5.92 Å². The summed E-state index contributed by atoms with van der Waals surface area (Å²) in [7, 11) is 0. The first kappa shape index (κ1) is 19.6. The number of carbonyl (C=O) groups is 1. The number of thioether (sulfide) groups is 1. The lowest BCUT2D eigenvalue weighted by molar-refractivity contribution is -0.131. The molecule has 0 aromatic heterocycles. The molecule has 2 nitrogen and oxygen atoms in total. The third-order valence-corrected chi connectivity index (χ3v) is 6.20. The molecule has 1 rings (SSSR count). The summed E-state index contributed by atoms with van der Waals surface area (Å²) in [6.07, 6.45) is 18.9. The molecule has 1 saturated carbocycles. The van der Waals surface area contributed by atoms with Crippen LogP contribution in [0.4, 0.5) is 0 Å². The zero-order valence-electron chi connectivity index (χ0n) is 14.3. The summed E-state index contributed by atoms with van der Waals surface area (Å²) in [5, 5.41) is 9.44. The Balaban J connectivity index is 2.03. The van der Waals surface area contributed by atoms with Crippen molar-refractivity contribution in [2.45, 2.75) is 89.2 Å². The Morgan fingerprint density at radius 3 is 2.73 bits per heavy atom. The van der Waals surface area contributed by atoms with E-state index in [2.05, 4.69) is 18.7 Å². The molecule has 0 unspecified atom stereocenters. The maximum absolute atomic E-state index is 10.4. The van der Waals surface area contributed by atoms with E-state index in [4.69, 9.17) is 5.11 Å². The Kier molecular flexibility index (Phi) is 11.6. The first-order valence-corrected chi connectivity index (χ1v) is 10.3. The fourth-order valence-electron chi connectivity index (χ4n) is 3.35. The lowest BCUT2D eigenvalue weighted by atomic mass is 9.99. The monoisotopic (exact) mass is 326 g/mol. The molecule has 128 valence electrons. The first-order chi connectivity index (χ1) is 10.7. The minimum Gasteiger partial charge on any atom is -0.478 e. The van der Waals surface area contributed by atoms with Crippen LogP contribution in [0.5, 0.6) is 0 Å². The van der Waals surface area contributed by atoms with Gasteiger partial charge < -0.3 is 5.11 Å². The second-order valence-corrected chi connectivity index (χ2v) is 7.89. The van der Waals surface area contributed by atoms with E-state index >= 15 is 0 Å². The van der Waals surface area contributed by atoms with E-state index in [1.165, 1.54) is 76.0 Å². The van der Waals surface area contributed by atoms with Crippen LogP contribution in [0.1, 0.15) is 84.0 Å². The quantitative estimate of drug-likeness (QED) is 0.330. The molecule has 1 aliphatic carbocycles. The number of hydrogen-bond donors (Lipinski definition) is 1. The van der Waals surface area contributed by atoms with Crippen LogP contribution >= 0.6 is 11.8 Å². The van der Waals surface area contributed by atoms with Crippen LogP contribution < -0.4 is 0 Å². The van der Waals surface area contributed by atoms with Gasteiger partial charge in [-0.05, 0) is 50.2 Å². The molecule has 0 radical (unpaired) electrons. The second-order valence-electron chi connectivity index (χ2n) is 6.54. The molecule has 3 heteroatoms. The Hall–Kier alpha value is -0.440. The van der Waals surface area contributed by atoms with Crippen LogP contribution in [-0.4, -0.2) is 22.1 Å². The molecule has 0 aliphatic heterocycles. The van der Waals surface area contributed by atoms with Crippen molar-refractivity contribution < 1.29 is 9.90 Å². The van der Waals surface area contributed by atoms with Crippen molar-refractivity contribution in [3.63, 3.8) is 0 Å². The van der Waals surface area contributed by atoms with Crippen LogP contribution in [0.15, 0.2) is 12.2 Å². The molecule has 0 spiro atoms. The van der Waals surface area contributed by atoms with E-state index in [0.29, 0.717) is 0 Å². The minimum absolute atomic E-state index is 0.828. The summed E-state index contributed by atoms with van der Waals surface area (Å²) < 4.78 is 0. The van der Waals surface area contributed by atoms with E-state index in [9.17, 15) is 4.79 Å². The summed E-state index contributed by atoms with van der Waals surface area (Å²) in [6.45, 7) is 2.27. The van der Waals surface area contributed by atoms with Gasteiger partial charge in [-0.3, -0.25) is 0 Å². The highest BCUT2D eigenvalue weighted by Gasteiger charge is 2.26. The van der Waals surface area contributed by atoms with E-state index in [1.807, 2.05) is 0 Å². The fourth-order valence-corrected chi connectivity index (χ4v) is 4.90. The van der Waals surface area contributed by atoms with E-state index in [1.54, 1.807) is 6.08 Å². The zero-order valence-corrected chi connectivity index (χ0v) is 15.1. The van der Waals surface area contributed by atoms with Gasteiger partial charge >= 0.3 is 5.97 Å². The van der Waals surface area contributed by atoms with Crippen molar-refractivity contribution >= 4 is 17.7 Å². The molecule has 1 fully saturated rings. The summed E-state index contributed by atoms with van der Waals surface area (Å²) in [4.78, 5) is 10.4. The Morgan fingerprint density at radius 1 is 1.14 bits per heavy atom. The van der Waals surface area contributed by atoms with E-state index < -0.39 is 5.97 Å². The normalized spacial score (nSPS) is 21.7. The van der Waals surface area contributed by atoms with Crippen molar-refractivity contribution in [1.82, 2.24) is 0 Å². The van der Waals surface area contributed by atoms with Gasteiger partial charge in [0, 0.05) is 11.3 Å². The summed E-state index contributed by atoms with van der Waals surface area (Å²) in [5.74, 6) is 1.45. The number of carboxylic acid groups (broad SMARTS) is 1. The average Bonchev–Trinajstić information content (AvgIpc) is 2.93. The van der Waals surface area contributed by atoms with Crippen LogP contribution in [0, 0.1) is 5.92 Å². The summed E-state index contributed by atoms with van der Waals surface area (Å²) in [5.41, 5.74) is 0. The van der Waals surface area contributed by atoms with Crippen molar-refractivity contribution in [2.75, 3.05) is 5.75 Å². The number of carboxylic acids is 1. The van der Waals surface area contributed by atoms with Gasteiger partial charge in [-0.1, -0.05) is 51.5 Å². The number of rotatable bonds is 13. The molecule has 1 aliphatic rings. The van der Waals surface area contributed by atoms with E-state index in [-0.39, 0.29) is 0 Å². The lowest BCUT2D eigenvalue weighted by Gasteiger charge is -2.19. The molecule has 0 amide bonds. The number of hydrogen-bond acceptors (Lipinski definition) is 2. The molecule has 0 aromatic carbocycles. The summed E-state index contributed by atoms with van der Waals surface area (Å²) in [6, 6.07) is 0. The standard InChI is InChI=1S/C19H34O2S/c1-2-3-4-7-10-16-22-18-14-11-13-17(18)12-8-5-6-9-15-19(20)21/h9,15,17-18H,2-8,10-14,16H2,1H3,(H,20,21)/t17-,18-/m0/s1. The predicted molar refractivity (Wildman–Crippen MR) is 97.6 cm³/mol. The molecular formula is C19H34O2S. The first-order valence-electron chi connectivity index (χ1n) is 9.25. The minimum atomic E-state index is -0.828. The third-order valence-electron chi connectivity index (χ3n) is 4.63. The topological polar surface area (TPSA) is 37.3 Å². The SMILES string of the molecule is CCCCCCCS[C@H]1CCC[C@@H]1CCCCC=CC(=O)O. The molecule has 2 atom stereocenters. The maximum Gasteiger partial charge on any atom is 0.327 e. The van der Waals surface area contributed by atoms with Crippen molar-refractivity contribution in [1.29, 1.82) is 0 Å². The highest BCUT2D eigenvalue weighted by molar-refractivity contribution is 7.99. The van der Waals surface area contributed by atoms with Crippen LogP contribution in [0.25, 0.3) is 0 Å². The highest BCUT2D eigenvalue weighted by atomic mass is 32.2. The van der Waals surface area contributed by atoms with Gasteiger partial charge in [-0.25, -0.2) is 4.79 Å².